The van der Waals surface area contributed by atoms with Crippen molar-refractivity contribution in [1.29, 1.82) is 0 Å². The molecule has 7 unspecified atom stereocenters. The molecule has 4 aromatic carbocycles. The van der Waals surface area contributed by atoms with Gasteiger partial charge in [0.1, 0.15) is 11.2 Å². The van der Waals surface area contributed by atoms with Gasteiger partial charge in [-0.2, -0.15) is 0 Å². The van der Waals surface area contributed by atoms with Crippen LogP contribution in [0.2, 0.25) is 0 Å². The van der Waals surface area contributed by atoms with Crippen LogP contribution in [-0.4, -0.2) is 9.38 Å². The van der Waals surface area contributed by atoms with Gasteiger partial charge in [-0.15, -0.1) is 0 Å². The highest BCUT2D eigenvalue weighted by atomic mass is 16.3. The maximum Gasteiger partial charge on any atom is 0.143 e. The van der Waals surface area contributed by atoms with Gasteiger partial charge in [0, 0.05) is 49.5 Å². The highest BCUT2D eigenvalue weighted by Gasteiger charge is 2.66. The Labute approximate surface area is 309 Å². The average molecular weight is 689 g/mol. The molecule has 5 saturated carbocycles. The predicted molar refractivity (Wildman–Crippen MR) is 214 cm³/mol. The molecule has 4 aromatic heterocycles. The third-order valence-corrected chi connectivity index (χ3v) is 17.7. The fourth-order valence-electron chi connectivity index (χ4n) is 16.2. The molecule has 7 atom stereocenters. The zero-order valence-electron chi connectivity index (χ0n) is 30.8. The Morgan fingerprint density at radius 1 is 0.660 bits per heavy atom. The first-order valence-corrected chi connectivity index (χ1v) is 21.0. The van der Waals surface area contributed by atoms with Crippen LogP contribution in [0.3, 0.4) is 0 Å². The molecule has 5 fully saturated rings. The molecule has 0 N–H and O–H groups in total. The van der Waals surface area contributed by atoms with Gasteiger partial charge in [0.15, 0.2) is 0 Å². The van der Waals surface area contributed by atoms with Crippen LogP contribution in [0.25, 0.3) is 71.2 Å². The van der Waals surface area contributed by atoms with Gasteiger partial charge >= 0.3 is 0 Å². The van der Waals surface area contributed by atoms with Crippen molar-refractivity contribution in [3.8, 4) is 11.1 Å². The highest BCUT2D eigenvalue weighted by molar-refractivity contribution is 6.26. The Bertz CT molecular complexity index is 3000. The minimum absolute atomic E-state index is 0.263. The average Bonchev–Trinajstić information content (AvgIpc) is 3.90. The maximum absolute atomic E-state index is 6.73. The molecule has 260 valence electrons. The number of benzene rings is 4. The van der Waals surface area contributed by atoms with Crippen molar-refractivity contribution >= 4 is 60.0 Å². The van der Waals surface area contributed by atoms with Gasteiger partial charge in [-0.1, -0.05) is 50.2 Å². The number of hydrogen-bond donors (Lipinski definition) is 0. The number of fused-ring (bicyclic) bond motifs is 15. The highest BCUT2D eigenvalue weighted by Crippen LogP contribution is 2.76. The second-order valence-corrected chi connectivity index (χ2v) is 20.3. The largest absolute Gasteiger partial charge is 0.455 e. The summed E-state index contributed by atoms with van der Waals surface area (Å²) in [5.41, 5.74) is 16.2. The van der Waals surface area contributed by atoms with E-state index < -0.39 is 0 Å². The van der Waals surface area contributed by atoms with Gasteiger partial charge in [0.2, 0.25) is 0 Å². The number of para-hydroxylation sites is 2. The Kier molecular flexibility index (Phi) is 4.57. The molecular formula is C50H44N2O. The van der Waals surface area contributed by atoms with E-state index in [1.165, 1.54) is 130 Å². The summed E-state index contributed by atoms with van der Waals surface area (Å²) < 4.78 is 9.43. The Hall–Kier alpha value is -4.37. The van der Waals surface area contributed by atoms with Crippen molar-refractivity contribution in [3.05, 3.63) is 95.3 Å². The molecule has 3 nitrogen and oxygen atoms in total. The zero-order valence-corrected chi connectivity index (χ0v) is 30.8. The van der Waals surface area contributed by atoms with E-state index >= 15 is 0 Å². The van der Waals surface area contributed by atoms with Crippen LogP contribution in [0.4, 0.5) is 0 Å². The molecule has 8 aromatic rings. The topological polar surface area (TPSA) is 30.4 Å². The molecular weight excluding hydrogens is 645 g/mol. The summed E-state index contributed by atoms with van der Waals surface area (Å²) in [6, 6.07) is 25.9. The van der Waals surface area contributed by atoms with Gasteiger partial charge in [-0.25, -0.2) is 0 Å². The van der Waals surface area contributed by atoms with Crippen LogP contribution in [0.1, 0.15) is 112 Å². The van der Waals surface area contributed by atoms with Crippen molar-refractivity contribution in [2.24, 2.45) is 29.1 Å². The van der Waals surface area contributed by atoms with Crippen LogP contribution in [0.5, 0.6) is 0 Å². The Morgan fingerprint density at radius 3 is 2.25 bits per heavy atom. The first-order chi connectivity index (χ1) is 25.9. The molecule has 0 saturated heterocycles. The minimum atomic E-state index is 0.263. The summed E-state index contributed by atoms with van der Waals surface area (Å²) in [7, 11) is 0. The number of rotatable bonds is 1. The van der Waals surface area contributed by atoms with E-state index in [1.54, 1.807) is 16.7 Å². The van der Waals surface area contributed by atoms with E-state index in [0.29, 0.717) is 17.3 Å². The molecule has 0 aliphatic heterocycles. The summed E-state index contributed by atoms with van der Waals surface area (Å²) in [5, 5.41) is 8.21. The summed E-state index contributed by atoms with van der Waals surface area (Å²) in [6.45, 7) is 5.25. The summed E-state index contributed by atoms with van der Waals surface area (Å²) in [6.07, 6.45) is 16.2. The molecule has 16 rings (SSSR count). The number of furan rings is 1. The van der Waals surface area contributed by atoms with E-state index in [2.05, 4.69) is 91.2 Å². The van der Waals surface area contributed by atoms with E-state index in [0.717, 1.165) is 34.8 Å². The molecule has 3 heteroatoms. The van der Waals surface area contributed by atoms with Crippen molar-refractivity contribution < 1.29 is 4.42 Å². The molecule has 8 aliphatic rings. The van der Waals surface area contributed by atoms with E-state index in [-0.39, 0.29) is 10.8 Å². The number of aromatic nitrogens is 2. The standard InChI is InChI=1S/C50H44N2O/c1-48-18-25-10-26(19-48)21-49(2,20-25)39-17-40-35(16-38(39)48)36-13-27(32-7-5-8-34-33-6-3-4-9-42(33)53-47(32)34)14-37-44-41(52(40)46(36)37)24-51-45-29-12-31-15-30-11-28(43(44)45)22-50(30,31)23-29/h3-9,13-14,16-17,24-26,28-31H,10-12,15,18-23H2,1-2H3. The second-order valence-electron chi connectivity index (χ2n) is 20.3. The molecule has 7 bridgehead atoms. The van der Waals surface area contributed by atoms with Gasteiger partial charge in [0.05, 0.1) is 22.7 Å². The summed E-state index contributed by atoms with van der Waals surface area (Å²) in [5.74, 6) is 4.88. The molecule has 53 heavy (non-hydrogen) atoms. The summed E-state index contributed by atoms with van der Waals surface area (Å²) >= 11 is 0. The normalized spacial score (nSPS) is 36.0. The maximum atomic E-state index is 6.73. The van der Waals surface area contributed by atoms with Crippen LogP contribution >= 0.6 is 0 Å². The monoisotopic (exact) mass is 688 g/mol. The van der Waals surface area contributed by atoms with Gasteiger partial charge < -0.3 is 8.82 Å². The van der Waals surface area contributed by atoms with Crippen molar-refractivity contribution in [1.82, 2.24) is 9.38 Å². The van der Waals surface area contributed by atoms with Gasteiger partial charge in [-0.05, 0) is 163 Å². The smallest absolute Gasteiger partial charge is 0.143 e. The van der Waals surface area contributed by atoms with E-state index in [1.807, 2.05) is 0 Å². The minimum Gasteiger partial charge on any atom is -0.455 e. The lowest BCUT2D eigenvalue weighted by molar-refractivity contribution is 0.00321. The second kappa shape index (κ2) is 8.62. The fraction of sp³-hybridized carbons (Fsp3) is 0.420. The quantitative estimate of drug-likeness (QED) is 0.172. The number of hydrogen-bond acceptors (Lipinski definition) is 2. The molecule has 0 radical (unpaired) electrons. The lowest BCUT2D eigenvalue weighted by Gasteiger charge is -2.48. The van der Waals surface area contributed by atoms with Crippen molar-refractivity contribution in [2.75, 3.05) is 0 Å². The van der Waals surface area contributed by atoms with Crippen molar-refractivity contribution in [3.63, 3.8) is 0 Å². The van der Waals surface area contributed by atoms with Crippen LogP contribution in [0.15, 0.2) is 77.3 Å². The van der Waals surface area contributed by atoms with E-state index in [4.69, 9.17) is 9.40 Å². The van der Waals surface area contributed by atoms with E-state index in [9.17, 15) is 0 Å². The molecule has 8 aliphatic carbocycles. The Balaban J connectivity index is 1.10. The fourth-order valence-corrected chi connectivity index (χ4v) is 16.2. The number of pyridine rings is 1. The van der Waals surface area contributed by atoms with Crippen LogP contribution < -0.4 is 0 Å². The number of nitrogens with zero attached hydrogens (tertiary/aromatic N) is 2. The third kappa shape index (κ3) is 3.07. The first kappa shape index (κ1) is 28.1. The summed E-state index contributed by atoms with van der Waals surface area (Å²) in [4.78, 5) is 5.56. The zero-order chi connectivity index (χ0) is 34.3. The lowest BCUT2D eigenvalue weighted by Crippen LogP contribution is -2.41. The van der Waals surface area contributed by atoms with Gasteiger partial charge in [-0.3, -0.25) is 4.98 Å². The molecule has 4 heterocycles. The predicted octanol–water partition coefficient (Wildman–Crippen LogP) is 12.9. The van der Waals surface area contributed by atoms with Crippen LogP contribution in [-0.2, 0) is 10.8 Å². The van der Waals surface area contributed by atoms with Crippen LogP contribution in [0, 0.1) is 29.1 Å². The SMILES string of the molecule is CC12CC3CC(C1)CC(C)(C3)c1cc3c(cc12)c1cc(-c2cccc4c2oc2ccccc24)cc2c4c5c(ncc4n3c12)C1CC2CC3CC5CC23C1. The lowest BCUT2D eigenvalue weighted by atomic mass is 9.56. The molecule has 0 amide bonds. The Morgan fingerprint density at radius 2 is 1.40 bits per heavy atom. The molecule has 1 spiro atoms. The van der Waals surface area contributed by atoms with Gasteiger partial charge in [0.25, 0.3) is 0 Å². The van der Waals surface area contributed by atoms with Crippen molar-refractivity contribution in [2.45, 2.75) is 101 Å². The first-order valence-electron chi connectivity index (χ1n) is 21.0. The third-order valence-electron chi connectivity index (χ3n) is 17.7.